The average Bonchev–Trinajstić information content (AvgIpc) is 2.47. The van der Waals surface area contributed by atoms with Crippen LogP contribution in [0, 0.1) is 12.7 Å². The van der Waals surface area contributed by atoms with E-state index in [9.17, 15) is 9.18 Å². The van der Waals surface area contributed by atoms with Gasteiger partial charge in [0.2, 0.25) is 0 Å². The molecule has 3 nitrogen and oxygen atoms in total. The highest BCUT2D eigenvalue weighted by molar-refractivity contribution is 6.34. The van der Waals surface area contributed by atoms with Gasteiger partial charge in [0.05, 0.1) is 5.56 Å². The van der Waals surface area contributed by atoms with Crippen molar-refractivity contribution in [1.82, 2.24) is 0 Å². The molecule has 0 aliphatic carbocycles. The van der Waals surface area contributed by atoms with Crippen LogP contribution in [-0.2, 0) is 0 Å². The summed E-state index contributed by atoms with van der Waals surface area (Å²) in [4.78, 5) is 11.0. The van der Waals surface area contributed by atoms with E-state index in [1.165, 1.54) is 18.2 Å². The molecule has 0 fully saturated rings. The molecule has 0 saturated carbocycles. The molecule has 3 N–H and O–H groups in total. The standard InChI is InChI=1S/C14H11ClFNO2.C2H6/c1-7-12(8-2-4-9(16)5-3-8)11(15)6-10(13(7)17)14(18)19;1-2/h2-6H,17H2,1H3,(H,18,19);1-2H3. The van der Waals surface area contributed by atoms with E-state index in [0.29, 0.717) is 16.7 Å². The number of nitrogen functional groups attached to an aromatic ring is 1. The van der Waals surface area contributed by atoms with Crippen molar-refractivity contribution in [1.29, 1.82) is 0 Å². The van der Waals surface area contributed by atoms with Gasteiger partial charge in [0.1, 0.15) is 5.82 Å². The number of carboxylic acids is 1. The van der Waals surface area contributed by atoms with Crippen molar-refractivity contribution >= 4 is 23.3 Å². The van der Waals surface area contributed by atoms with Crippen LogP contribution in [0.2, 0.25) is 5.02 Å². The SMILES string of the molecule is CC.Cc1c(N)c(C(=O)O)cc(Cl)c1-c1ccc(F)cc1. The molecule has 0 atom stereocenters. The van der Waals surface area contributed by atoms with Crippen LogP contribution in [0.4, 0.5) is 10.1 Å². The van der Waals surface area contributed by atoms with Crippen molar-refractivity contribution in [2.24, 2.45) is 0 Å². The summed E-state index contributed by atoms with van der Waals surface area (Å²) in [6.45, 7) is 5.69. The van der Waals surface area contributed by atoms with Gasteiger partial charge >= 0.3 is 5.97 Å². The molecular formula is C16H17ClFNO2. The van der Waals surface area contributed by atoms with Crippen LogP contribution >= 0.6 is 11.6 Å². The van der Waals surface area contributed by atoms with Crippen molar-refractivity contribution in [3.63, 3.8) is 0 Å². The van der Waals surface area contributed by atoms with Crippen LogP contribution in [0.15, 0.2) is 30.3 Å². The van der Waals surface area contributed by atoms with E-state index < -0.39 is 5.97 Å². The third-order valence-corrected chi connectivity index (χ3v) is 3.24. The van der Waals surface area contributed by atoms with Crippen molar-refractivity contribution < 1.29 is 14.3 Å². The smallest absolute Gasteiger partial charge is 0.337 e. The van der Waals surface area contributed by atoms with E-state index >= 15 is 0 Å². The Hall–Kier alpha value is -2.07. The summed E-state index contributed by atoms with van der Waals surface area (Å²) in [5, 5.41) is 9.30. The van der Waals surface area contributed by atoms with Gasteiger partial charge in [-0.25, -0.2) is 9.18 Å². The molecule has 21 heavy (non-hydrogen) atoms. The number of benzene rings is 2. The Morgan fingerprint density at radius 1 is 1.24 bits per heavy atom. The fourth-order valence-electron chi connectivity index (χ4n) is 1.94. The van der Waals surface area contributed by atoms with Gasteiger partial charge in [0, 0.05) is 16.3 Å². The fraction of sp³-hybridized carbons (Fsp3) is 0.188. The number of carbonyl (C=O) groups is 1. The first-order valence-electron chi connectivity index (χ1n) is 6.49. The molecule has 0 bridgehead atoms. The van der Waals surface area contributed by atoms with Crippen LogP contribution in [0.5, 0.6) is 0 Å². The van der Waals surface area contributed by atoms with Crippen LogP contribution < -0.4 is 5.73 Å². The Morgan fingerprint density at radius 2 is 1.76 bits per heavy atom. The molecular weight excluding hydrogens is 293 g/mol. The molecule has 0 radical (unpaired) electrons. The summed E-state index contributed by atoms with van der Waals surface area (Å²) >= 11 is 6.11. The van der Waals surface area contributed by atoms with E-state index in [2.05, 4.69) is 0 Å². The number of halogens is 2. The van der Waals surface area contributed by atoms with Crippen molar-refractivity contribution in [2.75, 3.05) is 5.73 Å². The minimum Gasteiger partial charge on any atom is -0.478 e. The average molecular weight is 310 g/mol. The molecule has 112 valence electrons. The first-order valence-corrected chi connectivity index (χ1v) is 6.87. The van der Waals surface area contributed by atoms with Crippen LogP contribution in [0.1, 0.15) is 29.8 Å². The van der Waals surface area contributed by atoms with Crippen LogP contribution in [0.3, 0.4) is 0 Å². The monoisotopic (exact) mass is 309 g/mol. The second kappa shape index (κ2) is 7.09. The van der Waals surface area contributed by atoms with Gasteiger partial charge in [0.25, 0.3) is 0 Å². The minimum atomic E-state index is -1.13. The second-order valence-corrected chi connectivity index (χ2v) is 4.54. The Labute approximate surface area is 128 Å². The van der Waals surface area contributed by atoms with E-state index in [4.69, 9.17) is 22.4 Å². The van der Waals surface area contributed by atoms with Gasteiger partial charge in [0.15, 0.2) is 0 Å². The number of nitrogens with two attached hydrogens (primary N) is 1. The van der Waals surface area contributed by atoms with Gasteiger partial charge in [-0.2, -0.15) is 0 Å². The topological polar surface area (TPSA) is 63.3 Å². The van der Waals surface area contributed by atoms with E-state index in [0.717, 1.165) is 0 Å². The first-order chi connectivity index (χ1) is 9.91. The highest BCUT2D eigenvalue weighted by atomic mass is 35.5. The van der Waals surface area contributed by atoms with Gasteiger partial charge in [-0.05, 0) is 36.2 Å². The molecule has 2 aromatic carbocycles. The van der Waals surface area contributed by atoms with E-state index in [-0.39, 0.29) is 22.1 Å². The summed E-state index contributed by atoms with van der Waals surface area (Å²) in [5.74, 6) is -1.49. The Balaban J connectivity index is 0.00000106. The van der Waals surface area contributed by atoms with Crippen molar-refractivity contribution in [3.8, 4) is 11.1 Å². The number of anilines is 1. The molecule has 0 heterocycles. The predicted octanol–water partition coefficient (Wildman–Crippen LogP) is 4.76. The lowest BCUT2D eigenvalue weighted by Gasteiger charge is -2.13. The highest BCUT2D eigenvalue weighted by Gasteiger charge is 2.17. The summed E-state index contributed by atoms with van der Waals surface area (Å²) in [7, 11) is 0. The van der Waals surface area contributed by atoms with E-state index in [1.807, 2.05) is 13.8 Å². The lowest BCUT2D eigenvalue weighted by molar-refractivity contribution is 0.0698. The molecule has 0 amide bonds. The maximum absolute atomic E-state index is 12.9. The fourth-order valence-corrected chi connectivity index (χ4v) is 2.30. The molecule has 0 aromatic heterocycles. The molecule has 5 heteroatoms. The van der Waals surface area contributed by atoms with E-state index in [1.54, 1.807) is 19.1 Å². The third kappa shape index (κ3) is 3.52. The van der Waals surface area contributed by atoms with Gasteiger partial charge in [-0.1, -0.05) is 37.6 Å². The van der Waals surface area contributed by atoms with Crippen LogP contribution in [0.25, 0.3) is 11.1 Å². The maximum Gasteiger partial charge on any atom is 0.337 e. The number of hydrogen-bond acceptors (Lipinski definition) is 2. The number of carboxylic acid groups (broad SMARTS) is 1. The Bertz CT molecular complexity index is 654. The number of rotatable bonds is 2. The molecule has 0 aliphatic heterocycles. The number of aromatic carboxylic acids is 1. The normalized spacial score (nSPS) is 9.76. The Morgan fingerprint density at radius 3 is 2.24 bits per heavy atom. The lowest BCUT2D eigenvalue weighted by atomic mass is 9.96. The minimum absolute atomic E-state index is 0.0339. The second-order valence-electron chi connectivity index (χ2n) is 4.13. The zero-order valence-electron chi connectivity index (χ0n) is 12.1. The largest absolute Gasteiger partial charge is 0.478 e. The van der Waals surface area contributed by atoms with Crippen molar-refractivity contribution in [2.45, 2.75) is 20.8 Å². The summed E-state index contributed by atoms with van der Waals surface area (Å²) in [6.07, 6.45) is 0. The molecule has 0 unspecified atom stereocenters. The third-order valence-electron chi connectivity index (χ3n) is 2.94. The Kier molecular flexibility index (Phi) is 5.73. The van der Waals surface area contributed by atoms with Gasteiger partial charge in [-0.15, -0.1) is 0 Å². The quantitative estimate of drug-likeness (QED) is 0.786. The van der Waals surface area contributed by atoms with Crippen molar-refractivity contribution in [3.05, 3.63) is 52.3 Å². The summed E-state index contributed by atoms with van der Waals surface area (Å²) in [6, 6.07) is 7.08. The molecule has 0 aliphatic rings. The van der Waals surface area contributed by atoms with Gasteiger partial charge in [-0.3, -0.25) is 0 Å². The summed E-state index contributed by atoms with van der Waals surface area (Å²) < 4.78 is 12.9. The predicted molar refractivity (Wildman–Crippen MR) is 84.3 cm³/mol. The number of hydrogen-bond donors (Lipinski definition) is 2. The lowest BCUT2D eigenvalue weighted by Crippen LogP contribution is -2.05. The molecule has 2 rings (SSSR count). The molecule has 2 aromatic rings. The zero-order valence-corrected chi connectivity index (χ0v) is 12.8. The van der Waals surface area contributed by atoms with Gasteiger partial charge < -0.3 is 10.8 Å². The first kappa shape index (κ1) is 17.0. The highest BCUT2D eigenvalue weighted by Crippen LogP contribution is 2.36. The zero-order chi connectivity index (χ0) is 16.2. The summed E-state index contributed by atoms with van der Waals surface area (Å²) in [5.41, 5.74) is 7.80. The molecule has 0 saturated heterocycles. The maximum atomic E-state index is 12.9. The molecule has 0 spiro atoms. The van der Waals surface area contributed by atoms with Crippen LogP contribution in [-0.4, -0.2) is 11.1 Å².